The van der Waals surface area contributed by atoms with Gasteiger partial charge in [-0.05, 0) is 49.4 Å². The molecule has 1 aliphatic rings. The van der Waals surface area contributed by atoms with Crippen LogP contribution in [0.3, 0.4) is 0 Å². The number of guanidine groups is 1. The van der Waals surface area contributed by atoms with Gasteiger partial charge in [-0.3, -0.25) is 0 Å². The van der Waals surface area contributed by atoms with Crippen LogP contribution in [0.25, 0.3) is 0 Å². The van der Waals surface area contributed by atoms with E-state index in [1.54, 1.807) is 18.2 Å². The number of nitrogens with one attached hydrogen (secondary N) is 2. The Balaban J connectivity index is 1.57. The summed E-state index contributed by atoms with van der Waals surface area (Å²) in [6, 6.07) is 15.1. The molecule has 0 saturated carbocycles. The predicted molar refractivity (Wildman–Crippen MR) is 123 cm³/mol. The summed E-state index contributed by atoms with van der Waals surface area (Å²) in [6.07, 6.45) is 2.04. The maximum absolute atomic E-state index is 12.6. The highest BCUT2D eigenvalue weighted by Crippen LogP contribution is 2.23. The van der Waals surface area contributed by atoms with Crippen molar-refractivity contribution in [3.63, 3.8) is 0 Å². The number of benzene rings is 2. The van der Waals surface area contributed by atoms with Crippen LogP contribution in [0.15, 0.2) is 53.5 Å². The molecular weight excluding hydrogens is 414 g/mol. The maximum atomic E-state index is 12.6. The van der Waals surface area contributed by atoms with Crippen LogP contribution in [0.1, 0.15) is 30.9 Å². The molecule has 2 aromatic rings. The smallest absolute Gasteiger partial charge is 0.387 e. The Labute approximate surface area is 188 Å². The summed E-state index contributed by atoms with van der Waals surface area (Å²) in [4.78, 5) is 6.97. The molecule has 6 nitrogen and oxygen atoms in total. The third kappa shape index (κ3) is 7.09. The van der Waals surface area contributed by atoms with E-state index in [1.807, 2.05) is 6.92 Å². The molecule has 0 bridgehead atoms. The topological polar surface area (TPSA) is 69.1 Å². The summed E-state index contributed by atoms with van der Waals surface area (Å²) in [5.74, 6) is 1.18. The van der Waals surface area contributed by atoms with E-state index in [2.05, 4.69) is 49.5 Å². The molecule has 0 spiro atoms. The van der Waals surface area contributed by atoms with E-state index < -0.39 is 6.61 Å². The normalized spacial score (nSPS) is 15.2. The number of aliphatic hydroxyl groups is 1. The number of para-hydroxylation sites is 1. The number of aliphatic imine (C=N–C) groups is 1. The minimum atomic E-state index is -2.86. The number of hydrogen-bond acceptors (Lipinski definition) is 4. The second-order valence-electron chi connectivity index (χ2n) is 7.81. The van der Waals surface area contributed by atoms with Crippen molar-refractivity contribution in [1.29, 1.82) is 0 Å². The van der Waals surface area contributed by atoms with Crippen molar-refractivity contribution in [1.82, 2.24) is 10.6 Å². The van der Waals surface area contributed by atoms with Gasteiger partial charge < -0.3 is 25.4 Å². The molecule has 2 aromatic carbocycles. The van der Waals surface area contributed by atoms with Crippen LogP contribution in [0, 0.1) is 5.92 Å². The quantitative estimate of drug-likeness (QED) is 0.404. The molecule has 8 heteroatoms. The second-order valence-corrected chi connectivity index (χ2v) is 7.81. The number of halogens is 2. The van der Waals surface area contributed by atoms with Gasteiger partial charge in [-0.1, -0.05) is 30.3 Å². The van der Waals surface area contributed by atoms with Crippen molar-refractivity contribution in [2.75, 3.05) is 31.1 Å². The highest BCUT2D eigenvalue weighted by atomic mass is 19.3. The number of alkyl halides is 2. The zero-order valence-corrected chi connectivity index (χ0v) is 18.4. The fourth-order valence-corrected chi connectivity index (χ4v) is 3.74. The van der Waals surface area contributed by atoms with Crippen LogP contribution in [0.2, 0.25) is 0 Å². The summed E-state index contributed by atoms with van der Waals surface area (Å²) in [7, 11) is 0. The standard InChI is InChI=1S/C24H32F2N4O2/c1-2-27-24(29-16-20-5-3-4-6-22(20)32-23(25)26)28-15-18-7-9-21(10-8-18)30-13-11-19(17-31)12-14-30/h3-10,19,23,31H,2,11-17H2,1H3,(H2,27,28,29). The van der Waals surface area contributed by atoms with E-state index >= 15 is 0 Å². The largest absolute Gasteiger partial charge is 0.434 e. The van der Waals surface area contributed by atoms with Crippen molar-refractivity contribution in [2.45, 2.75) is 39.5 Å². The fourth-order valence-electron chi connectivity index (χ4n) is 3.74. The average molecular weight is 447 g/mol. The predicted octanol–water partition coefficient (Wildman–Crippen LogP) is 3.75. The van der Waals surface area contributed by atoms with Crippen LogP contribution in [0.4, 0.5) is 14.5 Å². The zero-order chi connectivity index (χ0) is 22.8. The molecule has 174 valence electrons. The Hall–Kier alpha value is -2.87. The molecule has 0 aromatic heterocycles. The highest BCUT2D eigenvalue weighted by Gasteiger charge is 2.18. The first kappa shape index (κ1) is 23.8. The summed E-state index contributed by atoms with van der Waals surface area (Å²) >= 11 is 0. The van der Waals surface area contributed by atoms with Gasteiger partial charge in [0.15, 0.2) is 5.96 Å². The summed E-state index contributed by atoms with van der Waals surface area (Å²) < 4.78 is 29.8. The van der Waals surface area contributed by atoms with Gasteiger partial charge >= 0.3 is 6.61 Å². The van der Waals surface area contributed by atoms with Gasteiger partial charge in [-0.15, -0.1) is 0 Å². The monoisotopic (exact) mass is 446 g/mol. The van der Waals surface area contributed by atoms with Crippen molar-refractivity contribution in [3.8, 4) is 5.75 Å². The van der Waals surface area contributed by atoms with E-state index in [9.17, 15) is 13.9 Å². The molecule has 0 amide bonds. The lowest BCUT2D eigenvalue weighted by Crippen LogP contribution is -2.36. The first-order valence-corrected chi connectivity index (χ1v) is 11.1. The minimum absolute atomic E-state index is 0.157. The van der Waals surface area contributed by atoms with Crippen molar-refractivity contribution < 1.29 is 18.6 Å². The van der Waals surface area contributed by atoms with Gasteiger partial charge in [0, 0.05) is 44.0 Å². The number of rotatable bonds is 9. The third-order valence-electron chi connectivity index (χ3n) is 5.57. The lowest BCUT2D eigenvalue weighted by Gasteiger charge is -2.32. The van der Waals surface area contributed by atoms with Crippen LogP contribution < -0.4 is 20.3 Å². The van der Waals surface area contributed by atoms with Gasteiger partial charge in [0.25, 0.3) is 0 Å². The molecule has 1 saturated heterocycles. The van der Waals surface area contributed by atoms with Crippen molar-refractivity contribution in [2.24, 2.45) is 10.9 Å². The van der Waals surface area contributed by atoms with E-state index in [0.717, 1.165) is 31.5 Å². The van der Waals surface area contributed by atoms with E-state index in [4.69, 9.17) is 0 Å². The summed E-state index contributed by atoms with van der Waals surface area (Å²) in [6.45, 7) is 2.82. The third-order valence-corrected chi connectivity index (χ3v) is 5.57. The molecule has 1 heterocycles. The number of anilines is 1. The summed E-state index contributed by atoms with van der Waals surface area (Å²) in [5.41, 5.74) is 2.90. The van der Waals surface area contributed by atoms with Gasteiger partial charge in [-0.25, -0.2) is 4.99 Å². The molecule has 1 fully saturated rings. The van der Waals surface area contributed by atoms with E-state index in [-0.39, 0.29) is 12.4 Å². The Kier molecular flexibility index (Phi) is 9.10. The lowest BCUT2D eigenvalue weighted by atomic mass is 9.97. The summed E-state index contributed by atoms with van der Waals surface area (Å²) in [5, 5.41) is 15.7. The van der Waals surface area contributed by atoms with Gasteiger partial charge in [-0.2, -0.15) is 8.78 Å². The number of piperidine rings is 1. The number of aliphatic hydroxyl groups excluding tert-OH is 1. The van der Waals surface area contributed by atoms with Crippen LogP contribution in [0.5, 0.6) is 5.75 Å². The maximum Gasteiger partial charge on any atom is 0.387 e. The number of nitrogens with zero attached hydrogens (tertiary/aromatic N) is 2. The first-order valence-electron chi connectivity index (χ1n) is 11.1. The van der Waals surface area contributed by atoms with Crippen LogP contribution >= 0.6 is 0 Å². The molecular formula is C24H32F2N4O2. The molecule has 0 atom stereocenters. The van der Waals surface area contributed by atoms with Gasteiger partial charge in [0.1, 0.15) is 5.75 Å². The molecule has 3 rings (SSSR count). The first-order chi connectivity index (χ1) is 15.6. The van der Waals surface area contributed by atoms with Crippen LogP contribution in [-0.4, -0.2) is 43.9 Å². The minimum Gasteiger partial charge on any atom is -0.434 e. The zero-order valence-electron chi connectivity index (χ0n) is 18.4. The Morgan fingerprint density at radius 3 is 2.50 bits per heavy atom. The second kappa shape index (κ2) is 12.2. The van der Waals surface area contributed by atoms with E-state index in [0.29, 0.717) is 37.1 Å². The molecule has 32 heavy (non-hydrogen) atoms. The van der Waals surface area contributed by atoms with Gasteiger partial charge in [0.2, 0.25) is 0 Å². The Morgan fingerprint density at radius 1 is 1.12 bits per heavy atom. The highest BCUT2D eigenvalue weighted by molar-refractivity contribution is 5.79. The molecule has 0 unspecified atom stereocenters. The average Bonchev–Trinajstić information content (AvgIpc) is 2.82. The van der Waals surface area contributed by atoms with E-state index in [1.165, 1.54) is 11.8 Å². The Morgan fingerprint density at radius 2 is 1.84 bits per heavy atom. The SMILES string of the molecule is CCNC(=NCc1ccc(N2CCC(CO)CC2)cc1)NCc1ccccc1OC(F)F. The Bertz CT molecular complexity index is 853. The number of hydrogen-bond donors (Lipinski definition) is 3. The van der Waals surface area contributed by atoms with Crippen molar-refractivity contribution in [3.05, 3.63) is 59.7 Å². The molecule has 0 aliphatic carbocycles. The van der Waals surface area contributed by atoms with Gasteiger partial charge in [0.05, 0.1) is 6.54 Å². The van der Waals surface area contributed by atoms with Crippen LogP contribution in [-0.2, 0) is 13.1 Å². The number of ether oxygens (including phenoxy) is 1. The fraction of sp³-hybridized carbons (Fsp3) is 0.458. The molecule has 3 N–H and O–H groups in total. The van der Waals surface area contributed by atoms with Crippen molar-refractivity contribution >= 4 is 11.6 Å². The molecule has 0 radical (unpaired) electrons. The molecule has 1 aliphatic heterocycles. The lowest BCUT2D eigenvalue weighted by molar-refractivity contribution is -0.0504.